The number of carbonyl (C=O) groups excluding carboxylic acids is 3. The molecule has 1 aromatic carbocycles. The van der Waals surface area contributed by atoms with E-state index in [9.17, 15) is 14.4 Å². The predicted molar refractivity (Wildman–Crippen MR) is 85.4 cm³/mol. The predicted octanol–water partition coefficient (Wildman–Crippen LogP) is 1.31. The van der Waals surface area contributed by atoms with Gasteiger partial charge in [-0.25, -0.2) is 4.79 Å². The molecular weight excluding hydrogens is 322 g/mol. The van der Waals surface area contributed by atoms with E-state index in [1.807, 2.05) is 0 Å². The Bertz CT molecular complexity index is 591. The zero-order valence-electron chi connectivity index (χ0n) is 12.7. The van der Waals surface area contributed by atoms with Crippen LogP contribution in [0.15, 0.2) is 24.3 Å². The van der Waals surface area contributed by atoms with Crippen molar-refractivity contribution in [2.45, 2.75) is 19.4 Å². The summed E-state index contributed by atoms with van der Waals surface area (Å²) in [5.41, 5.74) is 0.732. The van der Waals surface area contributed by atoms with Crippen LogP contribution < -0.4 is 15.5 Å². The number of halogens is 1. The first kappa shape index (κ1) is 17.1. The van der Waals surface area contributed by atoms with E-state index in [1.165, 1.54) is 0 Å². The molecule has 1 aromatic rings. The van der Waals surface area contributed by atoms with Crippen molar-refractivity contribution in [3.05, 3.63) is 29.3 Å². The number of hydrogen-bond donors (Lipinski definition) is 2. The monoisotopic (exact) mass is 339 g/mol. The highest BCUT2D eigenvalue weighted by molar-refractivity contribution is 6.30. The van der Waals surface area contributed by atoms with Gasteiger partial charge in [-0.15, -0.1) is 0 Å². The quantitative estimate of drug-likeness (QED) is 0.792. The SMILES string of the molecule is CCOC(=O)CNC(=O)N[C@H]1CC(=O)N(c2ccc(Cl)cc2)C1. The van der Waals surface area contributed by atoms with Crippen LogP contribution >= 0.6 is 11.6 Å². The third-order valence-corrected chi connectivity index (χ3v) is 3.55. The lowest BCUT2D eigenvalue weighted by Gasteiger charge is -2.17. The Kier molecular flexibility index (Phi) is 5.81. The summed E-state index contributed by atoms with van der Waals surface area (Å²) in [7, 11) is 0. The molecule has 1 aliphatic rings. The molecule has 1 saturated heterocycles. The zero-order chi connectivity index (χ0) is 16.8. The topological polar surface area (TPSA) is 87.7 Å². The minimum atomic E-state index is -0.507. The average molecular weight is 340 g/mol. The first-order valence-corrected chi connectivity index (χ1v) is 7.63. The molecule has 23 heavy (non-hydrogen) atoms. The Hall–Kier alpha value is -2.28. The van der Waals surface area contributed by atoms with Crippen molar-refractivity contribution in [2.75, 3.05) is 24.6 Å². The van der Waals surface area contributed by atoms with E-state index < -0.39 is 12.0 Å². The highest BCUT2D eigenvalue weighted by atomic mass is 35.5. The van der Waals surface area contributed by atoms with Crippen LogP contribution in [0.4, 0.5) is 10.5 Å². The van der Waals surface area contributed by atoms with Gasteiger partial charge in [-0.05, 0) is 31.2 Å². The van der Waals surface area contributed by atoms with E-state index in [4.69, 9.17) is 16.3 Å². The van der Waals surface area contributed by atoms with Crippen molar-refractivity contribution in [1.29, 1.82) is 0 Å². The number of urea groups is 1. The minimum absolute atomic E-state index is 0.0805. The molecule has 3 amide bonds. The number of hydrogen-bond acceptors (Lipinski definition) is 4. The molecule has 2 rings (SSSR count). The highest BCUT2D eigenvalue weighted by Gasteiger charge is 2.31. The van der Waals surface area contributed by atoms with Gasteiger partial charge in [-0.2, -0.15) is 0 Å². The molecule has 0 aromatic heterocycles. The highest BCUT2D eigenvalue weighted by Crippen LogP contribution is 2.23. The third-order valence-electron chi connectivity index (χ3n) is 3.30. The fourth-order valence-corrected chi connectivity index (χ4v) is 2.40. The number of benzene rings is 1. The molecule has 7 nitrogen and oxygen atoms in total. The van der Waals surface area contributed by atoms with Crippen LogP contribution in [-0.4, -0.2) is 43.6 Å². The molecule has 124 valence electrons. The number of anilines is 1. The maximum Gasteiger partial charge on any atom is 0.325 e. The van der Waals surface area contributed by atoms with Crippen LogP contribution in [0.1, 0.15) is 13.3 Å². The number of rotatable bonds is 5. The first-order valence-electron chi connectivity index (χ1n) is 7.25. The molecule has 0 radical (unpaired) electrons. The molecule has 0 aliphatic carbocycles. The van der Waals surface area contributed by atoms with Crippen molar-refractivity contribution >= 4 is 35.2 Å². The lowest BCUT2D eigenvalue weighted by molar-refractivity contribution is -0.141. The summed E-state index contributed by atoms with van der Waals surface area (Å²) in [6, 6.07) is 6.09. The Labute approximate surface area is 138 Å². The molecule has 1 aliphatic heterocycles. The second kappa shape index (κ2) is 7.82. The van der Waals surface area contributed by atoms with Crippen LogP contribution in [0.2, 0.25) is 5.02 Å². The van der Waals surface area contributed by atoms with Gasteiger partial charge in [-0.3, -0.25) is 9.59 Å². The normalized spacial score (nSPS) is 17.0. The van der Waals surface area contributed by atoms with Crippen molar-refractivity contribution in [1.82, 2.24) is 10.6 Å². The Morgan fingerprint density at radius 3 is 2.70 bits per heavy atom. The first-order chi connectivity index (χ1) is 11.0. The van der Waals surface area contributed by atoms with E-state index >= 15 is 0 Å². The van der Waals surface area contributed by atoms with Crippen LogP contribution in [0, 0.1) is 0 Å². The molecule has 0 unspecified atom stereocenters. The molecular formula is C15H18ClN3O4. The van der Waals surface area contributed by atoms with E-state index in [0.717, 1.165) is 5.69 Å². The fraction of sp³-hybridized carbons (Fsp3) is 0.400. The van der Waals surface area contributed by atoms with Gasteiger partial charge < -0.3 is 20.3 Å². The summed E-state index contributed by atoms with van der Waals surface area (Å²) in [6.07, 6.45) is 0.204. The summed E-state index contributed by atoms with van der Waals surface area (Å²) in [5, 5.41) is 5.66. The van der Waals surface area contributed by atoms with Gasteiger partial charge in [0.15, 0.2) is 0 Å². The second-order valence-electron chi connectivity index (χ2n) is 5.01. The van der Waals surface area contributed by atoms with Crippen LogP contribution in [0.5, 0.6) is 0 Å². The number of amides is 3. The van der Waals surface area contributed by atoms with Crippen LogP contribution in [-0.2, 0) is 14.3 Å². The number of ether oxygens (including phenoxy) is 1. The Morgan fingerprint density at radius 2 is 2.04 bits per heavy atom. The molecule has 8 heteroatoms. The molecule has 0 bridgehead atoms. The summed E-state index contributed by atoms with van der Waals surface area (Å²) in [4.78, 5) is 36.5. The fourth-order valence-electron chi connectivity index (χ4n) is 2.28. The van der Waals surface area contributed by atoms with Gasteiger partial charge in [0.1, 0.15) is 6.54 Å². The molecule has 0 spiro atoms. The van der Waals surface area contributed by atoms with E-state index in [-0.39, 0.29) is 31.5 Å². The summed E-state index contributed by atoms with van der Waals surface area (Å²) >= 11 is 5.83. The van der Waals surface area contributed by atoms with Crippen molar-refractivity contribution < 1.29 is 19.1 Å². The van der Waals surface area contributed by atoms with E-state index in [0.29, 0.717) is 11.6 Å². The zero-order valence-corrected chi connectivity index (χ0v) is 13.4. The lowest BCUT2D eigenvalue weighted by atomic mass is 10.2. The number of carbonyl (C=O) groups is 3. The van der Waals surface area contributed by atoms with Crippen molar-refractivity contribution in [3.63, 3.8) is 0 Å². The number of nitrogens with one attached hydrogen (secondary N) is 2. The molecule has 0 saturated carbocycles. The summed E-state index contributed by atoms with van der Waals surface area (Å²) < 4.78 is 4.71. The smallest absolute Gasteiger partial charge is 0.325 e. The number of nitrogens with zero attached hydrogens (tertiary/aromatic N) is 1. The van der Waals surface area contributed by atoms with Crippen LogP contribution in [0.25, 0.3) is 0 Å². The van der Waals surface area contributed by atoms with Gasteiger partial charge >= 0.3 is 12.0 Å². The lowest BCUT2D eigenvalue weighted by Crippen LogP contribution is -2.45. The van der Waals surface area contributed by atoms with Gasteiger partial charge in [0, 0.05) is 23.7 Å². The third kappa shape index (κ3) is 4.85. The summed E-state index contributed by atoms with van der Waals surface area (Å²) in [5.74, 6) is -0.587. The maximum absolute atomic E-state index is 12.0. The largest absolute Gasteiger partial charge is 0.465 e. The van der Waals surface area contributed by atoms with Crippen molar-refractivity contribution in [2.24, 2.45) is 0 Å². The van der Waals surface area contributed by atoms with Gasteiger partial charge in [-0.1, -0.05) is 11.6 Å². The molecule has 2 N–H and O–H groups in total. The second-order valence-corrected chi connectivity index (χ2v) is 5.45. The molecule has 1 heterocycles. The standard InChI is InChI=1S/C15H18ClN3O4/c1-2-23-14(21)8-17-15(22)18-11-7-13(20)19(9-11)12-5-3-10(16)4-6-12/h3-6,11H,2,7-9H2,1H3,(H2,17,18,22)/t11-/m0/s1. The average Bonchev–Trinajstić information content (AvgIpc) is 2.87. The Balaban J connectivity index is 1.84. The van der Waals surface area contributed by atoms with Gasteiger partial charge in [0.05, 0.1) is 12.6 Å². The Morgan fingerprint density at radius 1 is 1.35 bits per heavy atom. The van der Waals surface area contributed by atoms with Crippen molar-refractivity contribution in [3.8, 4) is 0 Å². The molecule has 1 atom stereocenters. The minimum Gasteiger partial charge on any atom is -0.465 e. The molecule has 1 fully saturated rings. The van der Waals surface area contributed by atoms with Gasteiger partial charge in [0.25, 0.3) is 0 Å². The van der Waals surface area contributed by atoms with E-state index in [2.05, 4.69) is 10.6 Å². The van der Waals surface area contributed by atoms with E-state index in [1.54, 1.807) is 36.1 Å². The van der Waals surface area contributed by atoms with Gasteiger partial charge in [0.2, 0.25) is 5.91 Å². The maximum atomic E-state index is 12.0. The van der Waals surface area contributed by atoms with Crippen LogP contribution in [0.3, 0.4) is 0 Å². The summed E-state index contributed by atoms with van der Waals surface area (Å²) in [6.45, 7) is 2.11. The number of esters is 1.